The van der Waals surface area contributed by atoms with Gasteiger partial charge in [0.2, 0.25) is 5.91 Å². The molecule has 5 N–H and O–H groups in total. The molecule has 33 heavy (non-hydrogen) atoms. The fourth-order valence-electron chi connectivity index (χ4n) is 4.06. The number of primary amides is 1. The van der Waals surface area contributed by atoms with Crippen molar-refractivity contribution in [2.45, 2.75) is 58.0 Å². The first kappa shape index (κ1) is 24.5. The van der Waals surface area contributed by atoms with Crippen LogP contribution in [0.5, 0.6) is 5.75 Å². The third-order valence-corrected chi connectivity index (χ3v) is 6.59. The summed E-state index contributed by atoms with van der Waals surface area (Å²) < 4.78 is 9.20. The Balaban J connectivity index is 2.04. The first-order chi connectivity index (χ1) is 15.7. The zero-order chi connectivity index (χ0) is 24.1. The van der Waals surface area contributed by atoms with Crippen LogP contribution >= 0.6 is 11.5 Å². The molecule has 10 heteroatoms. The van der Waals surface area contributed by atoms with Crippen molar-refractivity contribution >= 4 is 40.6 Å². The van der Waals surface area contributed by atoms with Crippen LogP contribution in [0.4, 0.5) is 11.4 Å². The number of nitrogens with one attached hydrogen (secondary N) is 1. The van der Waals surface area contributed by atoms with E-state index >= 15 is 0 Å². The molecule has 0 saturated heterocycles. The highest BCUT2D eigenvalue weighted by Crippen LogP contribution is 2.30. The molecule has 178 valence electrons. The van der Waals surface area contributed by atoms with Crippen molar-refractivity contribution in [1.29, 1.82) is 0 Å². The van der Waals surface area contributed by atoms with Gasteiger partial charge in [0.1, 0.15) is 16.7 Å². The molecule has 1 aromatic carbocycles. The van der Waals surface area contributed by atoms with E-state index in [0.717, 1.165) is 37.2 Å². The highest BCUT2D eigenvalue weighted by Gasteiger charge is 2.36. The Labute approximate surface area is 197 Å². The fraction of sp³-hybridized carbons (Fsp3) is 0.478. The monoisotopic (exact) mass is 473 g/mol. The second-order valence-corrected chi connectivity index (χ2v) is 9.42. The minimum Gasteiger partial charge on any atom is -0.497 e. The summed E-state index contributed by atoms with van der Waals surface area (Å²) in [5.74, 6) is -0.766. The van der Waals surface area contributed by atoms with Crippen LogP contribution in [0.15, 0.2) is 24.3 Å². The summed E-state index contributed by atoms with van der Waals surface area (Å²) in [7, 11) is 1.55. The number of carbonyl (C=O) groups is 3. The number of rotatable bonds is 9. The summed E-state index contributed by atoms with van der Waals surface area (Å²) in [6.07, 6.45) is 4.46. The van der Waals surface area contributed by atoms with E-state index in [9.17, 15) is 14.4 Å². The van der Waals surface area contributed by atoms with Crippen LogP contribution in [0.25, 0.3) is 0 Å². The van der Waals surface area contributed by atoms with E-state index in [0.29, 0.717) is 17.9 Å². The zero-order valence-corrected chi connectivity index (χ0v) is 20.0. The average molecular weight is 474 g/mol. The lowest BCUT2D eigenvalue weighted by atomic mass is 9.99. The van der Waals surface area contributed by atoms with Gasteiger partial charge in [-0.15, -0.1) is 0 Å². The number of amides is 3. The molecule has 1 atom stereocenters. The summed E-state index contributed by atoms with van der Waals surface area (Å²) in [6.45, 7) is 4.00. The van der Waals surface area contributed by atoms with Gasteiger partial charge in [-0.3, -0.25) is 19.3 Å². The number of methoxy groups -OCH3 is 1. The summed E-state index contributed by atoms with van der Waals surface area (Å²) in [6, 6.07) is 6.22. The van der Waals surface area contributed by atoms with Gasteiger partial charge in [-0.1, -0.05) is 26.7 Å². The zero-order valence-electron chi connectivity index (χ0n) is 19.2. The molecule has 1 aliphatic rings. The van der Waals surface area contributed by atoms with E-state index in [1.165, 1.54) is 4.90 Å². The first-order valence-corrected chi connectivity index (χ1v) is 11.8. The number of carbonyl (C=O) groups excluding carboxylic acids is 3. The summed E-state index contributed by atoms with van der Waals surface area (Å²) in [4.78, 5) is 40.4. The number of anilines is 2. The van der Waals surface area contributed by atoms with Crippen molar-refractivity contribution in [2.75, 3.05) is 17.7 Å². The molecule has 1 aliphatic carbocycles. The standard InChI is InChI=1S/C23H31N5O4S/c1-13(2)12-17(22(30)26-14-6-4-5-7-14)28(15-8-10-16(32-3)11-9-15)23(31)20-18(24)19(21(25)29)27-33-20/h8-11,13-14,17H,4-7,12,24H2,1-3H3,(H2,25,29)(H,26,30)/t17-/m1/s1. The number of nitrogen functional groups attached to an aromatic ring is 1. The van der Waals surface area contributed by atoms with Crippen molar-refractivity contribution in [3.8, 4) is 5.75 Å². The Morgan fingerprint density at radius 3 is 2.36 bits per heavy atom. The van der Waals surface area contributed by atoms with Gasteiger partial charge in [-0.05, 0) is 61.0 Å². The molecule has 1 aromatic heterocycles. The van der Waals surface area contributed by atoms with Crippen LogP contribution in [-0.4, -0.2) is 41.3 Å². The van der Waals surface area contributed by atoms with E-state index < -0.39 is 17.9 Å². The molecule has 9 nitrogen and oxygen atoms in total. The molecule has 2 aromatic rings. The van der Waals surface area contributed by atoms with Gasteiger partial charge >= 0.3 is 0 Å². The third-order valence-electron chi connectivity index (χ3n) is 5.74. The molecule has 0 aliphatic heterocycles. The number of hydrogen-bond acceptors (Lipinski definition) is 7. The molecule has 0 spiro atoms. The Bertz CT molecular complexity index is 999. The van der Waals surface area contributed by atoms with E-state index in [-0.39, 0.29) is 34.1 Å². The van der Waals surface area contributed by atoms with Crippen LogP contribution in [0.3, 0.4) is 0 Å². The molecule has 0 unspecified atom stereocenters. The van der Waals surface area contributed by atoms with Gasteiger partial charge in [0.05, 0.1) is 12.8 Å². The molecule has 3 amide bonds. The van der Waals surface area contributed by atoms with E-state index in [2.05, 4.69) is 9.69 Å². The predicted molar refractivity (Wildman–Crippen MR) is 128 cm³/mol. The molecular weight excluding hydrogens is 442 g/mol. The van der Waals surface area contributed by atoms with E-state index in [1.54, 1.807) is 31.4 Å². The van der Waals surface area contributed by atoms with E-state index in [4.69, 9.17) is 16.2 Å². The van der Waals surface area contributed by atoms with Gasteiger partial charge in [0.25, 0.3) is 11.8 Å². The molecule has 3 rings (SSSR count). The highest BCUT2D eigenvalue weighted by molar-refractivity contribution is 7.09. The normalized spacial score (nSPS) is 14.8. The van der Waals surface area contributed by atoms with E-state index in [1.807, 2.05) is 13.8 Å². The van der Waals surface area contributed by atoms with Crippen molar-refractivity contribution in [1.82, 2.24) is 9.69 Å². The quantitative estimate of drug-likeness (QED) is 0.511. The minimum atomic E-state index is -0.809. The molecule has 0 radical (unpaired) electrons. The Morgan fingerprint density at radius 1 is 1.21 bits per heavy atom. The summed E-state index contributed by atoms with van der Waals surface area (Å²) in [5.41, 5.74) is 11.7. The molecule has 0 bridgehead atoms. The van der Waals surface area contributed by atoms with Crippen molar-refractivity contribution in [3.05, 3.63) is 34.8 Å². The second-order valence-electron chi connectivity index (χ2n) is 8.65. The predicted octanol–water partition coefficient (Wildman–Crippen LogP) is 2.95. The minimum absolute atomic E-state index is 0.0713. The van der Waals surface area contributed by atoms with Crippen LogP contribution in [0.1, 0.15) is 66.1 Å². The van der Waals surface area contributed by atoms with Crippen molar-refractivity contribution < 1.29 is 19.1 Å². The molecular formula is C23H31N5O4S. The smallest absolute Gasteiger partial charge is 0.272 e. The van der Waals surface area contributed by atoms with Crippen LogP contribution in [0, 0.1) is 5.92 Å². The first-order valence-electron chi connectivity index (χ1n) is 11.1. The van der Waals surface area contributed by atoms with Crippen molar-refractivity contribution in [2.24, 2.45) is 11.7 Å². The topological polar surface area (TPSA) is 141 Å². The van der Waals surface area contributed by atoms with Crippen LogP contribution in [-0.2, 0) is 4.79 Å². The maximum absolute atomic E-state index is 13.8. The summed E-state index contributed by atoms with van der Waals surface area (Å²) >= 11 is 0.801. The number of nitrogens with two attached hydrogens (primary N) is 2. The number of benzene rings is 1. The van der Waals surface area contributed by atoms with Gasteiger partial charge in [-0.25, -0.2) is 0 Å². The Hall–Kier alpha value is -3.14. The SMILES string of the molecule is COc1ccc(N(C(=O)c2snc(C(N)=O)c2N)[C@H](CC(C)C)C(=O)NC2CCCC2)cc1. The number of nitrogens with zero attached hydrogens (tertiary/aromatic N) is 2. The lowest BCUT2D eigenvalue weighted by Crippen LogP contribution is -2.52. The van der Waals surface area contributed by atoms with Gasteiger partial charge in [0, 0.05) is 11.7 Å². The summed E-state index contributed by atoms with van der Waals surface area (Å²) in [5, 5.41) is 3.13. The van der Waals surface area contributed by atoms with Crippen LogP contribution in [0.2, 0.25) is 0 Å². The Kier molecular flexibility index (Phi) is 7.91. The van der Waals surface area contributed by atoms with Crippen molar-refractivity contribution in [3.63, 3.8) is 0 Å². The lowest BCUT2D eigenvalue weighted by molar-refractivity contribution is -0.123. The highest BCUT2D eigenvalue weighted by atomic mass is 32.1. The second kappa shape index (κ2) is 10.7. The average Bonchev–Trinajstić information content (AvgIpc) is 3.42. The number of aromatic nitrogens is 1. The maximum atomic E-state index is 13.8. The Morgan fingerprint density at radius 2 is 1.85 bits per heavy atom. The number of ether oxygens (including phenoxy) is 1. The number of hydrogen-bond donors (Lipinski definition) is 3. The van der Waals surface area contributed by atoms with Gasteiger partial charge in [0.15, 0.2) is 5.69 Å². The van der Waals surface area contributed by atoms with Gasteiger partial charge < -0.3 is 21.5 Å². The fourth-order valence-corrected chi connectivity index (χ4v) is 4.81. The molecule has 1 heterocycles. The largest absolute Gasteiger partial charge is 0.497 e. The van der Waals surface area contributed by atoms with Gasteiger partial charge in [-0.2, -0.15) is 4.37 Å². The van der Waals surface area contributed by atoms with Crippen LogP contribution < -0.4 is 26.4 Å². The maximum Gasteiger partial charge on any atom is 0.272 e. The third kappa shape index (κ3) is 5.62. The molecule has 1 saturated carbocycles. The lowest BCUT2D eigenvalue weighted by Gasteiger charge is -2.33. The molecule has 1 fully saturated rings.